The number of hydrogen-bond acceptors (Lipinski definition) is 3. The van der Waals surface area contributed by atoms with E-state index in [9.17, 15) is 4.79 Å². The van der Waals surface area contributed by atoms with E-state index in [1.54, 1.807) is 7.11 Å². The van der Waals surface area contributed by atoms with E-state index in [4.69, 9.17) is 4.74 Å². The number of ether oxygens (including phenoxy) is 2. The van der Waals surface area contributed by atoms with Crippen LogP contribution in [0.25, 0.3) is 0 Å². The Kier molecular flexibility index (Phi) is 13.4. The molecule has 0 aliphatic heterocycles. The van der Waals surface area contributed by atoms with Crippen molar-refractivity contribution in [3.8, 4) is 0 Å². The van der Waals surface area contributed by atoms with Gasteiger partial charge in [0, 0.05) is 13.2 Å². The molecular formula is C22H34O3. The summed E-state index contributed by atoms with van der Waals surface area (Å²) < 4.78 is 9.88. The van der Waals surface area contributed by atoms with Gasteiger partial charge in [-0.25, -0.2) is 4.79 Å². The zero-order valence-corrected chi connectivity index (χ0v) is 16.7. The Balaban J connectivity index is 4.56. The molecule has 3 nitrogen and oxygen atoms in total. The van der Waals surface area contributed by atoms with Crippen LogP contribution in [0.15, 0.2) is 58.7 Å². The van der Waals surface area contributed by atoms with E-state index in [-0.39, 0.29) is 5.97 Å². The lowest BCUT2D eigenvalue weighted by atomic mass is 10.1. The van der Waals surface area contributed by atoms with Crippen molar-refractivity contribution in [1.82, 2.24) is 0 Å². The maximum Gasteiger partial charge on any atom is 0.330 e. The molecule has 0 saturated heterocycles. The molecule has 0 amide bonds. The molecule has 0 aromatic heterocycles. The van der Waals surface area contributed by atoms with Crippen molar-refractivity contribution in [1.29, 1.82) is 0 Å². The summed E-state index contributed by atoms with van der Waals surface area (Å²) in [5.74, 6) is -0.336. The van der Waals surface area contributed by atoms with Crippen LogP contribution < -0.4 is 0 Å². The van der Waals surface area contributed by atoms with Crippen LogP contribution in [-0.4, -0.2) is 26.8 Å². The lowest BCUT2D eigenvalue weighted by molar-refractivity contribution is -0.134. The zero-order chi connectivity index (χ0) is 19.1. The number of hydrogen-bond donors (Lipinski definition) is 0. The van der Waals surface area contributed by atoms with E-state index in [1.807, 2.05) is 19.1 Å². The Hall–Kier alpha value is -1.87. The van der Waals surface area contributed by atoms with Gasteiger partial charge in [0.15, 0.2) is 0 Å². The average molecular weight is 347 g/mol. The van der Waals surface area contributed by atoms with Gasteiger partial charge in [-0.2, -0.15) is 0 Å². The Morgan fingerprint density at radius 2 is 1.64 bits per heavy atom. The van der Waals surface area contributed by atoms with E-state index in [2.05, 4.69) is 43.7 Å². The molecule has 0 saturated carbocycles. The summed E-state index contributed by atoms with van der Waals surface area (Å²) in [5.41, 5.74) is 4.90. The Morgan fingerprint density at radius 1 is 0.960 bits per heavy atom. The van der Waals surface area contributed by atoms with Crippen molar-refractivity contribution in [3.63, 3.8) is 0 Å². The second-order valence-corrected chi connectivity index (χ2v) is 6.44. The van der Waals surface area contributed by atoms with E-state index in [0.717, 1.165) is 31.3 Å². The molecular weight excluding hydrogens is 312 g/mol. The third kappa shape index (κ3) is 14.2. The van der Waals surface area contributed by atoms with Gasteiger partial charge in [0.1, 0.15) is 0 Å². The quantitative estimate of drug-likeness (QED) is 0.208. The summed E-state index contributed by atoms with van der Waals surface area (Å²) in [6, 6.07) is 0. The summed E-state index contributed by atoms with van der Waals surface area (Å²) >= 11 is 0. The molecule has 0 rings (SSSR count). The number of rotatable bonds is 11. The second-order valence-electron chi connectivity index (χ2n) is 6.44. The van der Waals surface area contributed by atoms with Crippen molar-refractivity contribution in [2.45, 2.75) is 53.4 Å². The van der Waals surface area contributed by atoms with Gasteiger partial charge < -0.3 is 9.47 Å². The standard InChI is InChI=1S/C22H34O3/c1-18(2)10-7-11-19(3)12-8-14-21(17-24-5)15-9-13-20(4)16-22(23)25-6/h9-10,12-13,15-16H,7-8,11,14,17H2,1-6H3. The zero-order valence-electron chi connectivity index (χ0n) is 16.7. The van der Waals surface area contributed by atoms with Crippen molar-refractivity contribution in [2.24, 2.45) is 0 Å². The first-order valence-corrected chi connectivity index (χ1v) is 8.79. The normalized spacial score (nSPS) is 13.3. The van der Waals surface area contributed by atoms with Crippen LogP contribution in [-0.2, 0) is 14.3 Å². The molecule has 0 heterocycles. The number of allylic oxidation sites excluding steroid dienone is 8. The highest BCUT2D eigenvalue weighted by atomic mass is 16.5. The van der Waals surface area contributed by atoms with Crippen LogP contribution in [0.3, 0.4) is 0 Å². The minimum absolute atomic E-state index is 0.336. The van der Waals surface area contributed by atoms with Gasteiger partial charge in [-0.3, -0.25) is 0 Å². The maximum absolute atomic E-state index is 11.2. The molecule has 0 aliphatic rings. The predicted molar refractivity (Wildman–Crippen MR) is 107 cm³/mol. The lowest BCUT2D eigenvalue weighted by Gasteiger charge is -2.05. The number of esters is 1. The van der Waals surface area contributed by atoms with Crippen LogP contribution in [0.2, 0.25) is 0 Å². The van der Waals surface area contributed by atoms with Crippen LogP contribution in [0.5, 0.6) is 0 Å². The molecule has 3 heteroatoms. The summed E-state index contributed by atoms with van der Waals surface area (Å²) in [4.78, 5) is 11.2. The monoisotopic (exact) mass is 346 g/mol. The maximum atomic E-state index is 11.2. The number of methoxy groups -OCH3 is 2. The molecule has 0 bridgehead atoms. The van der Waals surface area contributed by atoms with Crippen molar-refractivity contribution < 1.29 is 14.3 Å². The first-order valence-electron chi connectivity index (χ1n) is 8.79. The van der Waals surface area contributed by atoms with Gasteiger partial charge in [-0.15, -0.1) is 0 Å². The molecule has 140 valence electrons. The van der Waals surface area contributed by atoms with Gasteiger partial charge in [-0.1, -0.05) is 41.5 Å². The highest BCUT2D eigenvalue weighted by Crippen LogP contribution is 2.12. The fraction of sp³-hybridized carbons (Fsp3) is 0.500. The van der Waals surface area contributed by atoms with Gasteiger partial charge in [0.2, 0.25) is 0 Å². The summed E-state index contributed by atoms with van der Waals surface area (Å²) in [5, 5.41) is 0. The first kappa shape index (κ1) is 23.1. The van der Waals surface area contributed by atoms with E-state index in [0.29, 0.717) is 6.61 Å². The topological polar surface area (TPSA) is 35.5 Å². The Morgan fingerprint density at radius 3 is 2.24 bits per heavy atom. The van der Waals surface area contributed by atoms with Gasteiger partial charge in [0.25, 0.3) is 0 Å². The Labute approximate surface area is 153 Å². The van der Waals surface area contributed by atoms with E-state index >= 15 is 0 Å². The van der Waals surface area contributed by atoms with Crippen molar-refractivity contribution >= 4 is 5.97 Å². The van der Waals surface area contributed by atoms with Gasteiger partial charge in [-0.05, 0) is 64.5 Å². The largest absolute Gasteiger partial charge is 0.466 e. The minimum Gasteiger partial charge on any atom is -0.466 e. The fourth-order valence-electron chi connectivity index (χ4n) is 2.21. The molecule has 0 N–H and O–H groups in total. The molecule has 0 aromatic rings. The van der Waals surface area contributed by atoms with Crippen LogP contribution >= 0.6 is 0 Å². The highest BCUT2D eigenvalue weighted by Gasteiger charge is 1.97. The summed E-state index contributed by atoms with van der Waals surface area (Å²) in [7, 11) is 3.09. The molecule has 0 aromatic carbocycles. The van der Waals surface area contributed by atoms with Crippen LogP contribution in [0.4, 0.5) is 0 Å². The first-order chi connectivity index (χ1) is 11.9. The third-order valence-corrected chi connectivity index (χ3v) is 3.62. The minimum atomic E-state index is -0.336. The van der Waals surface area contributed by atoms with Crippen molar-refractivity contribution in [2.75, 3.05) is 20.8 Å². The SMILES string of the molecule is COCC(=CC=CC(C)=CC(=O)OC)CCC=C(C)CCC=C(C)C. The number of carbonyl (C=O) groups is 1. The smallest absolute Gasteiger partial charge is 0.330 e. The summed E-state index contributed by atoms with van der Waals surface area (Å²) in [6.07, 6.45) is 16.2. The van der Waals surface area contributed by atoms with Crippen molar-refractivity contribution in [3.05, 3.63) is 58.7 Å². The average Bonchev–Trinajstić information content (AvgIpc) is 2.54. The van der Waals surface area contributed by atoms with Gasteiger partial charge in [0.05, 0.1) is 13.7 Å². The molecule has 0 radical (unpaired) electrons. The lowest BCUT2D eigenvalue weighted by Crippen LogP contribution is -1.95. The van der Waals surface area contributed by atoms with Gasteiger partial charge >= 0.3 is 5.97 Å². The highest BCUT2D eigenvalue weighted by molar-refractivity contribution is 5.83. The molecule has 0 spiro atoms. The van der Waals surface area contributed by atoms with E-state index in [1.165, 1.54) is 29.9 Å². The molecule has 0 atom stereocenters. The summed E-state index contributed by atoms with van der Waals surface area (Å²) in [6.45, 7) is 8.96. The fourth-order valence-corrected chi connectivity index (χ4v) is 2.21. The van der Waals surface area contributed by atoms with Crippen LogP contribution in [0.1, 0.15) is 53.4 Å². The third-order valence-electron chi connectivity index (χ3n) is 3.62. The second kappa shape index (κ2) is 14.5. The predicted octanol–water partition coefficient (Wildman–Crippen LogP) is 5.71. The molecule has 0 unspecified atom stereocenters. The molecule has 0 fully saturated rings. The molecule has 25 heavy (non-hydrogen) atoms. The molecule has 0 aliphatic carbocycles. The van der Waals surface area contributed by atoms with Crippen LogP contribution in [0, 0.1) is 0 Å². The number of carbonyl (C=O) groups excluding carboxylic acids is 1. The van der Waals surface area contributed by atoms with E-state index < -0.39 is 0 Å². The Bertz CT molecular complexity index is 542.